The zero-order chi connectivity index (χ0) is 41.4. The van der Waals surface area contributed by atoms with Gasteiger partial charge in [-0.05, 0) is 12.8 Å². The Bertz CT molecular complexity index is 889. The molecular formula is C48H93NO7. The number of carbonyl (C=O) groups excluding carboxylic acids is 3. The zero-order valence-corrected chi connectivity index (χ0v) is 37.8. The molecule has 8 nitrogen and oxygen atoms in total. The lowest BCUT2D eigenvalue weighted by Crippen LogP contribution is -2.55. The zero-order valence-electron chi connectivity index (χ0n) is 37.8. The lowest BCUT2D eigenvalue weighted by atomic mass is 10.0. The van der Waals surface area contributed by atoms with Crippen LogP contribution in [0.3, 0.4) is 0 Å². The van der Waals surface area contributed by atoms with E-state index < -0.39 is 18.1 Å². The lowest BCUT2D eigenvalue weighted by molar-refractivity contribution is -0.889. The Labute approximate surface area is 346 Å². The number of carboxylic acids is 1. The van der Waals surface area contributed by atoms with Crippen molar-refractivity contribution in [1.82, 2.24) is 0 Å². The quantitative estimate of drug-likeness (QED) is 0.0344. The number of unbranched alkanes of at least 4 members (excludes halogenated alkanes) is 30. The minimum Gasteiger partial charge on any atom is -0.544 e. The van der Waals surface area contributed by atoms with Gasteiger partial charge in [-0.15, -0.1) is 0 Å². The molecule has 2 unspecified atom stereocenters. The van der Waals surface area contributed by atoms with E-state index in [1.54, 1.807) is 0 Å². The average molecular weight is 796 g/mol. The summed E-state index contributed by atoms with van der Waals surface area (Å²) in [4.78, 5) is 36.9. The highest BCUT2D eigenvalue weighted by molar-refractivity contribution is 5.70. The maximum atomic E-state index is 12.7. The van der Waals surface area contributed by atoms with Crippen molar-refractivity contribution in [3.63, 3.8) is 0 Å². The number of hydrogen-bond donors (Lipinski definition) is 0. The second-order valence-electron chi connectivity index (χ2n) is 17.7. The molecule has 0 saturated heterocycles. The van der Waals surface area contributed by atoms with E-state index in [0.717, 1.165) is 38.5 Å². The number of likely N-dealkylation sites (N-methyl/N-ethyl adjacent to an activating group) is 1. The Morgan fingerprint density at radius 3 is 1.11 bits per heavy atom. The molecule has 0 aliphatic heterocycles. The lowest BCUT2D eigenvalue weighted by Gasteiger charge is -2.34. The van der Waals surface area contributed by atoms with Crippen molar-refractivity contribution in [2.45, 2.75) is 251 Å². The van der Waals surface area contributed by atoms with Gasteiger partial charge in [0.05, 0.1) is 40.3 Å². The van der Waals surface area contributed by atoms with Crippen LogP contribution in [-0.4, -0.2) is 75.5 Å². The first-order chi connectivity index (χ1) is 27.1. The van der Waals surface area contributed by atoms with Gasteiger partial charge < -0.3 is 28.6 Å². The van der Waals surface area contributed by atoms with Crippen molar-refractivity contribution in [3.05, 3.63) is 0 Å². The molecule has 0 bridgehead atoms. The van der Waals surface area contributed by atoms with Crippen LogP contribution in [0.1, 0.15) is 239 Å². The van der Waals surface area contributed by atoms with Gasteiger partial charge in [0.2, 0.25) is 0 Å². The van der Waals surface area contributed by atoms with Gasteiger partial charge in [-0.25, -0.2) is 0 Å². The Morgan fingerprint density at radius 2 is 0.786 bits per heavy atom. The summed E-state index contributed by atoms with van der Waals surface area (Å²) in [5.41, 5.74) is 0. The van der Waals surface area contributed by atoms with Crippen molar-refractivity contribution in [1.29, 1.82) is 0 Å². The molecule has 0 rings (SSSR count). The number of carbonyl (C=O) groups is 3. The Hall–Kier alpha value is -1.67. The fourth-order valence-corrected chi connectivity index (χ4v) is 7.49. The largest absolute Gasteiger partial charge is 0.544 e. The highest BCUT2D eigenvalue weighted by Crippen LogP contribution is 2.17. The van der Waals surface area contributed by atoms with E-state index >= 15 is 0 Å². The maximum Gasteiger partial charge on any atom is 0.306 e. The highest BCUT2D eigenvalue weighted by atomic mass is 16.6. The standard InChI is InChI=1S/C48H93NO7/c1-6-8-10-12-14-16-18-20-21-22-23-24-25-27-29-31-33-35-37-39-47(51)56-44(42-54-41-40-45(48(52)53)49(3,4)5)43-55-46(50)38-36-34-32-30-28-26-19-17-15-13-11-9-7-2/h44-45H,6-43H2,1-5H3. The minimum absolute atomic E-state index is 0.0495. The van der Waals surface area contributed by atoms with Gasteiger partial charge in [-0.2, -0.15) is 0 Å². The highest BCUT2D eigenvalue weighted by Gasteiger charge is 2.25. The number of nitrogens with zero attached hydrogens (tertiary/aromatic N) is 1. The predicted octanol–water partition coefficient (Wildman–Crippen LogP) is 12.0. The van der Waals surface area contributed by atoms with Crippen molar-refractivity contribution in [3.8, 4) is 0 Å². The maximum absolute atomic E-state index is 12.7. The molecule has 332 valence electrons. The number of quaternary nitrogens is 1. The fraction of sp³-hybridized carbons (Fsp3) is 0.938. The van der Waals surface area contributed by atoms with Crippen LogP contribution >= 0.6 is 0 Å². The van der Waals surface area contributed by atoms with E-state index in [4.69, 9.17) is 14.2 Å². The molecule has 0 aliphatic carbocycles. The average Bonchev–Trinajstić information content (AvgIpc) is 3.15. The van der Waals surface area contributed by atoms with E-state index in [0.29, 0.717) is 12.8 Å². The number of ether oxygens (including phenoxy) is 3. The molecule has 0 N–H and O–H groups in total. The summed E-state index contributed by atoms with van der Waals surface area (Å²) >= 11 is 0. The van der Waals surface area contributed by atoms with Gasteiger partial charge in [0, 0.05) is 19.3 Å². The smallest absolute Gasteiger partial charge is 0.306 e. The Morgan fingerprint density at radius 1 is 0.464 bits per heavy atom. The summed E-state index contributed by atoms with van der Waals surface area (Å²) in [6.07, 6.45) is 41.2. The summed E-state index contributed by atoms with van der Waals surface area (Å²) in [6.45, 7) is 4.71. The van der Waals surface area contributed by atoms with Crippen molar-refractivity contribution in [2.75, 3.05) is 41.0 Å². The molecule has 0 aromatic carbocycles. The van der Waals surface area contributed by atoms with E-state index in [1.165, 1.54) is 167 Å². The SMILES string of the molecule is CCCCCCCCCCCCCCCCCCCCCC(=O)OC(COCCC(C(=O)[O-])[N+](C)(C)C)COC(=O)CCCCCCCCCCCCCCC. The number of hydrogen-bond acceptors (Lipinski definition) is 7. The molecule has 0 amide bonds. The number of rotatable bonds is 44. The van der Waals surface area contributed by atoms with Gasteiger partial charge in [-0.3, -0.25) is 9.59 Å². The molecule has 0 fully saturated rings. The molecule has 0 aliphatic rings. The van der Waals surface area contributed by atoms with Gasteiger partial charge >= 0.3 is 11.9 Å². The van der Waals surface area contributed by atoms with Gasteiger partial charge in [0.1, 0.15) is 12.6 Å². The van der Waals surface area contributed by atoms with Crippen LogP contribution < -0.4 is 5.11 Å². The molecule has 8 heteroatoms. The third-order valence-electron chi connectivity index (χ3n) is 11.2. The topological polar surface area (TPSA) is 102 Å². The number of aliphatic carboxylic acids is 1. The van der Waals surface area contributed by atoms with Gasteiger partial charge in [0.15, 0.2) is 6.10 Å². The first kappa shape index (κ1) is 54.3. The second kappa shape index (κ2) is 40.1. The van der Waals surface area contributed by atoms with E-state index in [2.05, 4.69) is 13.8 Å². The van der Waals surface area contributed by atoms with E-state index in [-0.39, 0.29) is 42.7 Å². The summed E-state index contributed by atoms with van der Waals surface area (Å²) in [5, 5.41) is 11.6. The van der Waals surface area contributed by atoms with Crippen LogP contribution in [0.5, 0.6) is 0 Å². The minimum atomic E-state index is -1.12. The summed E-state index contributed by atoms with van der Waals surface area (Å²) in [6, 6.07) is -0.719. The summed E-state index contributed by atoms with van der Waals surface area (Å²) in [5.74, 6) is -1.71. The fourth-order valence-electron chi connectivity index (χ4n) is 7.49. The van der Waals surface area contributed by atoms with Crippen LogP contribution in [0.2, 0.25) is 0 Å². The van der Waals surface area contributed by atoms with Crippen LogP contribution in [0.4, 0.5) is 0 Å². The van der Waals surface area contributed by atoms with Crippen molar-refractivity contribution in [2.24, 2.45) is 0 Å². The third kappa shape index (κ3) is 37.9. The molecule has 56 heavy (non-hydrogen) atoms. The molecule has 0 heterocycles. The Kier molecular flexibility index (Phi) is 38.9. The molecule has 0 saturated carbocycles. The van der Waals surface area contributed by atoms with E-state index in [9.17, 15) is 19.5 Å². The predicted molar refractivity (Wildman–Crippen MR) is 231 cm³/mol. The first-order valence-corrected chi connectivity index (χ1v) is 24.1. The van der Waals surface area contributed by atoms with Crippen LogP contribution in [0.25, 0.3) is 0 Å². The summed E-state index contributed by atoms with van der Waals surface area (Å²) in [7, 11) is 5.42. The molecule has 0 aromatic rings. The van der Waals surface area contributed by atoms with Crippen molar-refractivity contribution < 1.29 is 38.2 Å². The molecule has 0 spiro atoms. The van der Waals surface area contributed by atoms with Gasteiger partial charge in [-0.1, -0.05) is 206 Å². The molecular weight excluding hydrogens is 703 g/mol. The molecule has 0 radical (unpaired) electrons. The van der Waals surface area contributed by atoms with Crippen LogP contribution in [0, 0.1) is 0 Å². The molecule has 2 atom stereocenters. The third-order valence-corrected chi connectivity index (χ3v) is 11.2. The second-order valence-corrected chi connectivity index (χ2v) is 17.7. The van der Waals surface area contributed by atoms with E-state index in [1.807, 2.05) is 21.1 Å². The van der Waals surface area contributed by atoms with Crippen molar-refractivity contribution >= 4 is 17.9 Å². The van der Waals surface area contributed by atoms with Crippen LogP contribution in [-0.2, 0) is 28.6 Å². The number of carboxylic acid groups (broad SMARTS) is 1. The molecule has 0 aromatic heterocycles. The van der Waals surface area contributed by atoms with Crippen LogP contribution in [0.15, 0.2) is 0 Å². The summed E-state index contributed by atoms with van der Waals surface area (Å²) < 4.78 is 17.2. The Balaban J connectivity index is 4.22. The number of esters is 2. The first-order valence-electron chi connectivity index (χ1n) is 24.1. The monoisotopic (exact) mass is 796 g/mol. The van der Waals surface area contributed by atoms with Gasteiger partial charge in [0.25, 0.3) is 0 Å². The normalized spacial score (nSPS) is 12.8.